The van der Waals surface area contributed by atoms with Crippen LogP contribution in [0.5, 0.6) is 5.75 Å². The number of ether oxygens (including phenoxy) is 1. The van der Waals surface area contributed by atoms with E-state index in [1.807, 2.05) is 0 Å². The third-order valence-electron chi connectivity index (χ3n) is 3.53. The van der Waals surface area contributed by atoms with Crippen LogP contribution in [0.25, 0.3) is 0 Å². The largest absolute Gasteiger partial charge is 0.493 e. The van der Waals surface area contributed by atoms with Gasteiger partial charge in [-0.3, -0.25) is 4.79 Å². The third kappa shape index (κ3) is 4.71. The summed E-state index contributed by atoms with van der Waals surface area (Å²) in [4.78, 5) is 10.5. The van der Waals surface area contributed by atoms with E-state index in [-0.39, 0.29) is 17.9 Å². The van der Waals surface area contributed by atoms with Crippen LogP contribution in [0.4, 0.5) is 0 Å². The Labute approximate surface area is 124 Å². The minimum atomic E-state index is -3.49. The fraction of sp³-hybridized carbons (Fsp3) is 0.500. The molecule has 0 heterocycles. The van der Waals surface area contributed by atoms with Crippen LogP contribution in [-0.2, 0) is 14.8 Å². The second-order valence-electron chi connectivity index (χ2n) is 5.29. The number of rotatable bonds is 8. The number of benzene rings is 1. The van der Waals surface area contributed by atoms with Crippen molar-refractivity contribution in [2.75, 3.05) is 13.2 Å². The van der Waals surface area contributed by atoms with Crippen LogP contribution in [0, 0.1) is 11.8 Å². The van der Waals surface area contributed by atoms with Gasteiger partial charge in [0.15, 0.2) is 0 Å². The molecule has 2 unspecified atom stereocenters. The first kappa shape index (κ1) is 15.8. The van der Waals surface area contributed by atoms with Crippen molar-refractivity contribution < 1.29 is 23.1 Å². The van der Waals surface area contributed by atoms with Gasteiger partial charge in [0.25, 0.3) is 0 Å². The zero-order valence-electron chi connectivity index (χ0n) is 11.8. The Bertz CT molecular complexity index is 596. The molecule has 1 aromatic rings. The van der Waals surface area contributed by atoms with Gasteiger partial charge in [-0.05, 0) is 42.5 Å². The van der Waals surface area contributed by atoms with Crippen molar-refractivity contribution in [2.45, 2.75) is 24.7 Å². The van der Waals surface area contributed by atoms with Crippen molar-refractivity contribution in [3.05, 3.63) is 24.3 Å². The van der Waals surface area contributed by atoms with Gasteiger partial charge in [0, 0.05) is 6.54 Å². The summed E-state index contributed by atoms with van der Waals surface area (Å²) >= 11 is 0. The lowest BCUT2D eigenvalue weighted by Crippen LogP contribution is -2.26. The third-order valence-corrected chi connectivity index (χ3v) is 4.97. The summed E-state index contributed by atoms with van der Waals surface area (Å²) in [6.45, 7) is 2.63. The number of carboxylic acids is 1. The predicted octanol–water partition coefficient (Wildman–Crippen LogP) is 1.47. The lowest BCUT2D eigenvalue weighted by molar-refractivity contribution is -0.137. The zero-order chi connectivity index (χ0) is 15.5. The van der Waals surface area contributed by atoms with Crippen molar-refractivity contribution in [2.24, 2.45) is 11.8 Å². The maximum absolute atomic E-state index is 12.1. The number of aliphatic carboxylic acids is 1. The van der Waals surface area contributed by atoms with E-state index in [1.54, 1.807) is 0 Å². The van der Waals surface area contributed by atoms with Gasteiger partial charge in [-0.15, -0.1) is 0 Å². The average Bonchev–Trinajstić information content (AvgIpc) is 3.13. The van der Waals surface area contributed by atoms with Crippen molar-refractivity contribution in [1.82, 2.24) is 4.72 Å². The van der Waals surface area contributed by atoms with Crippen molar-refractivity contribution in [3.8, 4) is 5.75 Å². The van der Waals surface area contributed by atoms with Crippen molar-refractivity contribution >= 4 is 16.0 Å². The molecule has 0 aromatic heterocycles. The molecule has 0 spiro atoms. The highest BCUT2D eigenvalue weighted by Crippen LogP contribution is 2.37. The van der Waals surface area contributed by atoms with Gasteiger partial charge in [-0.2, -0.15) is 0 Å². The molecule has 1 aliphatic carbocycles. The van der Waals surface area contributed by atoms with Gasteiger partial charge in [-0.1, -0.05) is 6.92 Å². The maximum Gasteiger partial charge on any atom is 0.306 e. The van der Waals surface area contributed by atoms with E-state index in [4.69, 9.17) is 9.84 Å². The van der Waals surface area contributed by atoms with Crippen LogP contribution >= 0.6 is 0 Å². The monoisotopic (exact) mass is 313 g/mol. The average molecular weight is 313 g/mol. The first-order chi connectivity index (χ1) is 9.88. The Morgan fingerprint density at radius 1 is 1.38 bits per heavy atom. The van der Waals surface area contributed by atoms with Crippen molar-refractivity contribution in [1.29, 1.82) is 0 Å². The smallest absolute Gasteiger partial charge is 0.306 e. The summed E-state index contributed by atoms with van der Waals surface area (Å²) in [6, 6.07) is 5.95. The highest BCUT2D eigenvalue weighted by Gasteiger charge is 2.33. The number of nitrogens with one attached hydrogen (secondary N) is 1. The quantitative estimate of drug-likeness (QED) is 0.758. The second-order valence-corrected chi connectivity index (χ2v) is 7.06. The Morgan fingerprint density at radius 2 is 2.00 bits per heavy atom. The molecule has 7 heteroatoms. The lowest BCUT2D eigenvalue weighted by atomic mass is 10.3. The molecule has 2 rings (SSSR count). The minimum Gasteiger partial charge on any atom is -0.493 e. The number of hydrogen-bond acceptors (Lipinski definition) is 4. The van der Waals surface area contributed by atoms with Crippen LogP contribution in [0.2, 0.25) is 0 Å². The van der Waals surface area contributed by atoms with E-state index in [1.165, 1.54) is 24.3 Å². The summed E-state index contributed by atoms with van der Waals surface area (Å²) < 4.78 is 31.9. The van der Waals surface area contributed by atoms with Gasteiger partial charge < -0.3 is 9.84 Å². The van der Waals surface area contributed by atoms with Crippen LogP contribution < -0.4 is 9.46 Å². The molecule has 1 fully saturated rings. The minimum absolute atomic E-state index is 0.0548. The molecule has 0 amide bonds. The van der Waals surface area contributed by atoms with Gasteiger partial charge in [0.1, 0.15) is 5.75 Å². The zero-order valence-corrected chi connectivity index (χ0v) is 12.6. The van der Waals surface area contributed by atoms with Crippen LogP contribution in [0.15, 0.2) is 29.2 Å². The van der Waals surface area contributed by atoms with Gasteiger partial charge in [0.05, 0.1) is 17.9 Å². The number of sulfonamides is 1. The Kier molecular flexibility index (Phi) is 4.84. The van der Waals surface area contributed by atoms with Crippen LogP contribution in [0.1, 0.15) is 19.8 Å². The van der Waals surface area contributed by atoms with E-state index >= 15 is 0 Å². The topological polar surface area (TPSA) is 92.7 Å². The molecule has 6 nitrogen and oxygen atoms in total. The van der Waals surface area contributed by atoms with Gasteiger partial charge in [0.2, 0.25) is 10.0 Å². The van der Waals surface area contributed by atoms with Crippen molar-refractivity contribution in [3.63, 3.8) is 0 Å². The van der Waals surface area contributed by atoms with Gasteiger partial charge >= 0.3 is 5.97 Å². The Hall–Kier alpha value is -1.60. The molecule has 0 bridgehead atoms. The number of hydrogen-bond donors (Lipinski definition) is 2. The number of carboxylic acid groups (broad SMARTS) is 1. The predicted molar refractivity (Wildman–Crippen MR) is 76.6 cm³/mol. The van der Waals surface area contributed by atoms with E-state index < -0.39 is 16.0 Å². The van der Waals surface area contributed by atoms with E-state index in [0.29, 0.717) is 24.1 Å². The second kappa shape index (κ2) is 6.44. The fourth-order valence-corrected chi connectivity index (χ4v) is 3.05. The first-order valence-corrected chi connectivity index (χ1v) is 8.31. The summed E-state index contributed by atoms with van der Waals surface area (Å²) in [5, 5.41) is 8.50. The molecule has 2 atom stereocenters. The molecule has 0 saturated heterocycles. The molecule has 0 aliphatic heterocycles. The maximum atomic E-state index is 12.1. The summed E-state index contributed by atoms with van der Waals surface area (Å²) in [6.07, 6.45) is 0.972. The molecular weight excluding hydrogens is 294 g/mol. The molecular formula is C14H19NO5S. The van der Waals surface area contributed by atoms with Gasteiger partial charge in [-0.25, -0.2) is 13.1 Å². The molecule has 0 radical (unpaired) electrons. The molecule has 21 heavy (non-hydrogen) atoms. The molecule has 1 aliphatic rings. The Balaban J connectivity index is 1.89. The highest BCUT2D eigenvalue weighted by atomic mass is 32.2. The van der Waals surface area contributed by atoms with E-state index in [9.17, 15) is 13.2 Å². The van der Waals surface area contributed by atoms with Crippen LogP contribution in [-0.4, -0.2) is 32.6 Å². The summed E-state index contributed by atoms with van der Waals surface area (Å²) in [5.74, 6) is 0.551. The summed E-state index contributed by atoms with van der Waals surface area (Å²) in [7, 11) is -3.49. The molecule has 2 N–H and O–H groups in total. The lowest BCUT2D eigenvalue weighted by Gasteiger charge is -2.08. The highest BCUT2D eigenvalue weighted by molar-refractivity contribution is 7.89. The molecule has 1 saturated carbocycles. The first-order valence-electron chi connectivity index (χ1n) is 6.83. The Morgan fingerprint density at radius 3 is 2.52 bits per heavy atom. The SMILES string of the molecule is CC1CC1CNS(=O)(=O)c1ccc(OCCC(=O)O)cc1. The normalized spacial score (nSPS) is 21.0. The van der Waals surface area contributed by atoms with E-state index in [2.05, 4.69) is 11.6 Å². The standard InChI is InChI=1S/C14H19NO5S/c1-10-8-11(10)9-15-21(18,19)13-4-2-12(3-5-13)20-7-6-14(16)17/h2-5,10-11,15H,6-9H2,1H3,(H,16,17). The number of carbonyl (C=O) groups is 1. The van der Waals surface area contributed by atoms with Crippen LogP contribution in [0.3, 0.4) is 0 Å². The van der Waals surface area contributed by atoms with E-state index in [0.717, 1.165) is 6.42 Å². The molecule has 116 valence electrons. The summed E-state index contributed by atoms with van der Waals surface area (Å²) in [5.41, 5.74) is 0. The molecule has 1 aromatic carbocycles. The fourth-order valence-electron chi connectivity index (χ4n) is 1.95.